The van der Waals surface area contributed by atoms with Gasteiger partial charge in [0, 0.05) is 13.0 Å². The summed E-state index contributed by atoms with van der Waals surface area (Å²) in [6, 6.07) is 0. The second-order valence-corrected chi connectivity index (χ2v) is 3.45. The standard InChI is InChI=1S/C10H18O4/c1-7(5-9(12)13-3)10(14-4)8(2)6-11/h6-8,10H,5H2,1-4H3/t7-,8+,10+/m0/s1. The molecule has 14 heavy (non-hydrogen) atoms. The van der Waals surface area contributed by atoms with Crippen LogP contribution in [-0.2, 0) is 19.1 Å². The maximum absolute atomic E-state index is 11.0. The van der Waals surface area contributed by atoms with Gasteiger partial charge in [0.15, 0.2) is 0 Å². The van der Waals surface area contributed by atoms with Gasteiger partial charge in [0.25, 0.3) is 0 Å². The highest BCUT2D eigenvalue weighted by Crippen LogP contribution is 2.18. The predicted octanol–water partition coefficient (Wildman–Crippen LogP) is 1.04. The van der Waals surface area contributed by atoms with Gasteiger partial charge in [-0.15, -0.1) is 0 Å². The Morgan fingerprint density at radius 1 is 1.36 bits per heavy atom. The zero-order valence-electron chi connectivity index (χ0n) is 9.15. The third kappa shape index (κ3) is 3.87. The summed E-state index contributed by atoms with van der Waals surface area (Å²) >= 11 is 0. The summed E-state index contributed by atoms with van der Waals surface area (Å²) in [5.74, 6) is -0.509. The minimum absolute atomic E-state index is 0.0207. The molecular formula is C10H18O4. The van der Waals surface area contributed by atoms with Crippen LogP contribution in [0.1, 0.15) is 20.3 Å². The van der Waals surface area contributed by atoms with Gasteiger partial charge in [0.05, 0.1) is 19.6 Å². The lowest BCUT2D eigenvalue weighted by atomic mass is 9.92. The molecule has 0 aromatic carbocycles. The molecule has 0 spiro atoms. The number of carbonyl (C=O) groups is 2. The van der Waals surface area contributed by atoms with Crippen molar-refractivity contribution >= 4 is 12.3 Å². The summed E-state index contributed by atoms with van der Waals surface area (Å²) in [4.78, 5) is 21.6. The molecule has 0 aliphatic rings. The van der Waals surface area contributed by atoms with Gasteiger partial charge >= 0.3 is 5.97 Å². The molecule has 0 bridgehead atoms. The van der Waals surface area contributed by atoms with Gasteiger partial charge in [-0.25, -0.2) is 0 Å². The average Bonchev–Trinajstić information content (AvgIpc) is 2.18. The van der Waals surface area contributed by atoms with Crippen molar-refractivity contribution in [3.05, 3.63) is 0 Å². The summed E-state index contributed by atoms with van der Waals surface area (Å²) in [7, 11) is 2.89. The summed E-state index contributed by atoms with van der Waals surface area (Å²) in [6.07, 6.45) is 0.876. The average molecular weight is 202 g/mol. The highest BCUT2D eigenvalue weighted by atomic mass is 16.5. The monoisotopic (exact) mass is 202 g/mol. The van der Waals surface area contributed by atoms with E-state index in [9.17, 15) is 9.59 Å². The van der Waals surface area contributed by atoms with Gasteiger partial charge in [-0.1, -0.05) is 13.8 Å². The van der Waals surface area contributed by atoms with E-state index < -0.39 is 0 Å². The Labute approximate surface area is 84.6 Å². The molecule has 4 heteroatoms. The molecule has 0 radical (unpaired) electrons. The smallest absolute Gasteiger partial charge is 0.305 e. The first-order valence-corrected chi connectivity index (χ1v) is 4.61. The van der Waals surface area contributed by atoms with Crippen LogP contribution in [0.15, 0.2) is 0 Å². The van der Waals surface area contributed by atoms with E-state index >= 15 is 0 Å². The normalized spacial score (nSPS) is 16.9. The van der Waals surface area contributed by atoms with Crippen molar-refractivity contribution in [3.8, 4) is 0 Å². The van der Waals surface area contributed by atoms with Crippen LogP contribution in [0.3, 0.4) is 0 Å². The van der Waals surface area contributed by atoms with E-state index in [-0.39, 0.29) is 30.3 Å². The molecule has 0 saturated carbocycles. The number of hydrogen-bond acceptors (Lipinski definition) is 4. The quantitative estimate of drug-likeness (QED) is 0.477. The lowest BCUT2D eigenvalue weighted by Gasteiger charge is -2.24. The number of ether oxygens (including phenoxy) is 2. The summed E-state index contributed by atoms with van der Waals surface area (Å²) in [5, 5.41) is 0. The van der Waals surface area contributed by atoms with E-state index in [2.05, 4.69) is 4.74 Å². The van der Waals surface area contributed by atoms with Gasteiger partial charge in [-0.3, -0.25) is 4.79 Å². The lowest BCUT2D eigenvalue weighted by molar-refractivity contribution is -0.143. The molecule has 0 amide bonds. The van der Waals surface area contributed by atoms with Crippen molar-refractivity contribution in [1.29, 1.82) is 0 Å². The number of carbonyl (C=O) groups excluding carboxylic acids is 2. The van der Waals surface area contributed by atoms with Gasteiger partial charge in [0.1, 0.15) is 6.29 Å². The largest absolute Gasteiger partial charge is 0.469 e. The van der Waals surface area contributed by atoms with E-state index in [1.165, 1.54) is 7.11 Å². The summed E-state index contributed by atoms with van der Waals surface area (Å²) in [6.45, 7) is 3.64. The van der Waals surface area contributed by atoms with Gasteiger partial charge in [-0.05, 0) is 5.92 Å². The molecule has 0 fully saturated rings. The highest BCUT2D eigenvalue weighted by Gasteiger charge is 2.25. The van der Waals surface area contributed by atoms with E-state index in [1.807, 2.05) is 6.92 Å². The fraction of sp³-hybridized carbons (Fsp3) is 0.800. The number of hydrogen-bond donors (Lipinski definition) is 0. The Morgan fingerprint density at radius 3 is 2.29 bits per heavy atom. The molecule has 0 rings (SSSR count). The number of aldehydes is 1. The maximum atomic E-state index is 11.0. The lowest BCUT2D eigenvalue weighted by Crippen LogP contribution is -2.30. The van der Waals surface area contributed by atoms with E-state index in [1.54, 1.807) is 14.0 Å². The molecule has 0 unspecified atom stereocenters. The summed E-state index contributed by atoms with van der Waals surface area (Å²) < 4.78 is 9.72. The van der Waals surface area contributed by atoms with Crippen LogP contribution in [-0.4, -0.2) is 32.6 Å². The molecule has 4 nitrogen and oxygen atoms in total. The van der Waals surface area contributed by atoms with Crippen LogP contribution >= 0.6 is 0 Å². The predicted molar refractivity (Wildman–Crippen MR) is 51.8 cm³/mol. The van der Waals surface area contributed by atoms with E-state index in [0.717, 1.165) is 6.29 Å². The Kier molecular flexibility index (Phi) is 6.12. The number of esters is 1. The van der Waals surface area contributed by atoms with E-state index in [0.29, 0.717) is 0 Å². The first-order chi connectivity index (χ1) is 6.56. The Balaban J connectivity index is 4.23. The number of rotatable bonds is 6. The second-order valence-electron chi connectivity index (χ2n) is 3.45. The van der Waals surface area contributed by atoms with Crippen LogP contribution in [0.5, 0.6) is 0 Å². The fourth-order valence-electron chi connectivity index (χ4n) is 1.50. The maximum Gasteiger partial charge on any atom is 0.305 e. The van der Waals surface area contributed by atoms with Gasteiger partial charge < -0.3 is 14.3 Å². The second kappa shape index (κ2) is 6.54. The molecule has 82 valence electrons. The molecule has 0 aliphatic heterocycles. The molecule has 0 aromatic heterocycles. The first kappa shape index (κ1) is 13.1. The topological polar surface area (TPSA) is 52.6 Å². The van der Waals surface area contributed by atoms with Crippen LogP contribution < -0.4 is 0 Å². The third-order valence-electron chi connectivity index (χ3n) is 2.28. The zero-order valence-corrected chi connectivity index (χ0v) is 9.15. The van der Waals surface area contributed by atoms with E-state index in [4.69, 9.17) is 4.74 Å². The van der Waals surface area contributed by atoms with Crippen LogP contribution in [0.4, 0.5) is 0 Å². The minimum Gasteiger partial charge on any atom is -0.469 e. The molecule has 0 aliphatic carbocycles. The van der Waals surface area contributed by atoms with Crippen LogP contribution in [0.25, 0.3) is 0 Å². The fourth-order valence-corrected chi connectivity index (χ4v) is 1.50. The Hall–Kier alpha value is -0.900. The van der Waals surface area contributed by atoms with Crippen molar-refractivity contribution in [3.63, 3.8) is 0 Å². The van der Waals surface area contributed by atoms with Gasteiger partial charge in [0.2, 0.25) is 0 Å². The zero-order chi connectivity index (χ0) is 11.1. The van der Waals surface area contributed by atoms with Crippen molar-refractivity contribution in [1.82, 2.24) is 0 Å². The summed E-state index contributed by atoms with van der Waals surface area (Å²) in [5.41, 5.74) is 0. The van der Waals surface area contributed by atoms with Crippen molar-refractivity contribution in [2.75, 3.05) is 14.2 Å². The molecule has 0 saturated heterocycles. The van der Waals surface area contributed by atoms with Crippen LogP contribution in [0.2, 0.25) is 0 Å². The molecular weight excluding hydrogens is 184 g/mol. The molecule has 0 N–H and O–H groups in total. The number of methoxy groups -OCH3 is 2. The van der Waals surface area contributed by atoms with Gasteiger partial charge in [-0.2, -0.15) is 0 Å². The van der Waals surface area contributed by atoms with Crippen molar-refractivity contribution in [2.24, 2.45) is 11.8 Å². The minimum atomic E-state index is -0.280. The first-order valence-electron chi connectivity index (χ1n) is 4.61. The van der Waals surface area contributed by atoms with Crippen molar-refractivity contribution < 1.29 is 19.1 Å². The van der Waals surface area contributed by atoms with Crippen molar-refractivity contribution in [2.45, 2.75) is 26.4 Å². The molecule has 3 atom stereocenters. The Morgan fingerprint density at radius 2 is 1.93 bits per heavy atom. The van der Waals surface area contributed by atoms with Crippen LogP contribution in [0, 0.1) is 11.8 Å². The molecule has 0 heterocycles. The Bertz CT molecular complexity index is 191. The third-order valence-corrected chi connectivity index (χ3v) is 2.28. The SMILES string of the molecule is COC(=O)C[C@H](C)[C@@H](OC)[C@H](C)C=O. The molecule has 0 aromatic rings. The highest BCUT2D eigenvalue weighted by molar-refractivity contribution is 5.69.